The highest BCUT2D eigenvalue weighted by Gasteiger charge is 2.51. The van der Waals surface area contributed by atoms with Crippen molar-refractivity contribution in [3.8, 4) is 0 Å². The summed E-state index contributed by atoms with van der Waals surface area (Å²) in [5.74, 6) is 0.385. The Morgan fingerprint density at radius 2 is 1.50 bits per heavy atom. The van der Waals surface area contributed by atoms with Crippen molar-refractivity contribution in [2.24, 2.45) is 23.7 Å². The lowest BCUT2D eigenvalue weighted by molar-refractivity contribution is -0.131. The number of carbonyl (C=O) groups is 1. The van der Waals surface area contributed by atoms with Gasteiger partial charge in [-0.25, -0.2) is 0 Å². The zero-order valence-electron chi connectivity index (χ0n) is 6.55. The summed E-state index contributed by atoms with van der Waals surface area (Å²) in [6.07, 6.45) is 7.62. The summed E-state index contributed by atoms with van der Waals surface area (Å²) in [4.78, 5) is 11.6. The van der Waals surface area contributed by atoms with E-state index in [1.54, 1.807) is 0 Å². The molecule has 3 aliphatic carbocycles. The molecule has 2 nitrogen and oxygen atoms in total. The quantitative estimate of drug-likeness (QED) is 0.528. The van der Waals surface area contributed by atoms with Crippen molar-refractivity contribution in [2.45, 2.75) is 6.10 Å². The summed E-state index contributed by atoms with van der Waals surface area (Å²) >= 11 is 0. The van der Waals surface area contributed by atoms with Crippen LogP contribution < -0.4 is 0 Å². The molecule has 4 bridgehead atoms. The van der Waals surface area contributed by atoms with Gasteiger partial charge in [0.25, 0.3) is 0 Å². The molecule has 0 amide bonds. The van der Waals surface area contributed by atoms with Crippen LogP contribution in [0.2, 0.25) is 0 Å². The van der Waals surface area contributed by atoms with Crippen molar-refractivity contribution in [2.75, 3.05) is 0 Å². The minimum atomic E-state index is -0.312. The van der Waals surface area contributed by atoms with Crippen molar-refractivity contribution in [1.29, 1.82) is 0 Å². The zero-order chi connectivity index (χ0) is 8.29. The van der Waals surface area contributed by atoms with Gasteiger partial charge in [-0.05, 0) is 0 Å². The van der Waals surface area contributed by atoms with E-state index in [0.29, 0.717) is 5.78 Å². The van der Waals surface area contributed by atoms with Gasteiger partial charge < -0.3 is 5.11 Å². The molecule has 0 aromatic heterocycles. The van der Waals surface area contributed by atoms with Gasteiger partial charge in [0.1, 0.15) is 5.78 Å². The Morgan fingerprint density at radius 1 is 1.00 bits per heavy atom. The molecule has 3 aliphatic rings. The molecule has 0 aromatic carbocycles. The first-order chi connectivity index (χ1) is 5.79. The molecule has 4 atom stereocenters. The Hall–Kier alpha value is -0.890. The number of hydrogen-bond acceptors (Lipinski definition) is 2. The second-order valence-electron chi connectivity index (χ2n) is 3.87. The molecule has 0 aromatic rings. The maximum Gasteiger partial charge on any atom is 0.147 e. The van der Waals surface area contributed by atoms with E-state index in [9.17, 15) is 9.90 Å². The summed E-state index contributed by atoms with van der Waals surface area (Å²) < 4.78 is 0. The SMILES string of the molecule is O=C1C2C=CC1[C@H]1C=C[C@H]2C1O. The van der Waals surface area contributed by atoms with Gasteiger partial charge in [0, 0.05) is 23.7 Å². The van der Waals surface area contributed by atoms with Crippen molar-refractivity contribution in [1.82, 2.24) is 0 Å². The number of Topliss-reactive ketones (excluding diaryl/α,β-unsaturated/α-hetero) is 1. The molecule has 0 aliphatic heterocycles. The summed E-state index contributed by atoms with van der Waals surface area (Å²) in [5.41, 5.74) is 0. The Kier molecular flexibility index (Phi) is 1.04. The molecule has 0 spiro atoms. The molecular formula is C10H10O2. The summed E-state index contributed by atoms with van der Waals surface area (Å²) in [6.45, 7) is 0. The zero-order valence-corrected chi connectivity index (χ0v) is 6.55. The third-order valence-electron chi connectivity index (χ3n) is 3.36. The summed E-state index contributed by atoms with van der Waals surface area (Å²) in [6, 6.07) is 0. The average Bonchev–Trinajstić information content (AvgIpc) is 2.41. The first-order valence-electron chi connectivity index (χ1n) is 4.37. The number of fused-ring (bicyclic) bond motifs is 6. The fourth-order valence-corrected chi connectivity index (χ4v) is 2.69. The van der Waals surface area contributed by atoms with Crippen molar-refractivity contribution in [3.05, 3.63) is 24.3 Å². The van der Waals surface area contributed by atoms with E-state index >= 15 is 0 Å². The number of carbonyl (C=O) groups excluding carboxylic acids is 1. The third-order valence-corrected chi connectivity index (χ3v) is 3.36. The van der Waals surface area contributed by atoms with E-state index in [0.717, 1.165) is 0 Å². The summed E-state index contributed by atoms with van der Waals surface area (Å²) in [7, 11) is 0. The Bertz CT molecular complexity index is 277. The van der Waals surface area contributed by atoms with E-state index in [4.69, 9.17) is 0 Å². The minimum absolute atomic E-state index is 0.0278. The number of allylic oxidation sites excluding steroid dienone is 2. The van der Waals surface area contributed by atoms with Crippen LogP contribution in [0.4, 0.5) is 0 Å². The second-order valence-corrected chi connectivity index (χ2v) is 3.87. The van der Waals surface area contributed by atoms with Crippen LogP contribution >= 0.6 is 0 Å². The van der Waals surface area contributed by atoms with E-state index in [2.05, 4.69) is 0 Å². The van der Waals surface area contributed by atoms with Gasteiger partial charge in [0.2, 0.25) is 0 Å². The lowest BCUT2D eigenvalue weighted by atomic mass is 9.74. The van der Waals surface area contributed by atoms with Crippen molar-refractivity contribution >= 4 is 5.78 Å². The number of rotatable bonds is 0. The number of ketones is 1. The van der Waals surface area contributed by atoms with Gasteiger partial charge in [-0.3, -0.25) is 4.79 Å². The minimum Gasteiger partial charge on any atom is -0.392 e. The standard InChI is InChI=1S/C10H10O2/c11-9-5-1-2-6(9)8-4-3-7(5)10(8)12/h1-9,11H/t5-,6-,7?,8?,9?/m1/s1. The molecule has 1 saturated carbocycles. The van der Waals surface area contributed by atoms with Crippen LogP contribution in [-0.2, 0) is 4.79 Å². The molecule has 3 rings (SSSR count). The van der Waals surface area contributed by atoms with Crippen LogP contribution in [0.15, 0.2) is 24.3 Å². The third kappa shape index (κ3) is 0.547. The number of aliphatic hydroxyl groups is 1. The van der Waals surface area contributed by atoms with Gasteiger partial charge in [-0.15, -0.1) is 0 Å². The van der Waals surface area contributed by atoms with E-state index < -0.39 is 0 Å². The molecule has 1 N–H and O–H groups in total. The largest absolute Gasteiger partial charge is 0.392 e. The van der Waals surface area contributed by atoms with Crippen LogP contribution in [0.5, 0.6) is 0 Å². The van der Waals surface area contributed by atoms with Gasteiger partial charge in [0.05, 0.1) is 6.10 Å². The molecule has 0 saturated heterocycles. The molecule has 2 heteroatoms. The molecule has 12 heavy (non-hydrogen) atoms. The Labute approximate surface area is 70.6 Å². The Morgan fingerprint density at radius 3 is 2.00 bits per heavy atom. The highest BCUT2D eigenvalue weighted by Crippen LogP contribution is 2.46. The van der Waals surface area contributed by atoms with Gasteiger partial charge >= 0.3 is 0 Å². The fourth-order valence-electron chi connectivity index (χ4n) is 2.69. The van der Waals surface area contributed by atoms with Crippen LogP contribution in [0.25, 0.3) is 0 Å². The predicted molar refractivity (Wildman–Crippen MR) is 43.3 cm³/mol. The topological polar surface area (TPSA) is 37.3 Å². The normalized spacial score (nSPS) is 53.8. The van der Waals surface area contributed by atoms with Crippen LogP contribution in [-0.4, -0.2) is 17.0 Å². The van der Waals surface area contributed by atoms with E-state index in [1.807, 2.05) is 24.3 Å². The maximum atomic E-state index is 11.6. The predicted octanol–water partition coefficient (Wildman–Crippen LogP) is 0.534. The second kappa shape index (κ2) is 1.88. The first-order valence-corrected chi connectivity index (χ1v) is 4.37. The lowest BCUT2D eigenvalue weighted by Gasteiger charge is -2.31. The monoisotopic (exact) mass is 162 g/mol. The van der Waals surface area contributed by atoms with Gasteiger partial charge in [0.15, 0.2) is 0 Å². The number of aliphatic hydroxyl groups excluding tert-OH is 1. The average molecular weight is 162 g/mol. The summed E-state index contributed by atoms with van der Waals surface area (Å²) in [5, 5.41) is 9.75. The van der Waals surface area contributed by atoms with Gasteiger partial charge in [-0.2, -0.15) is 0 Å². The van der Waals surface area contributed by atoms with E-state index in [1.165, 1.54) is 0 Å². The van der Waals surface area contributed by atoms with Crippen molar-refractivity contribution in [3.63, 3.8) is 0 Å². The van der Waals surface area contributed by atoms with E-state index in [-0.39, 0.29) is 29.8 Å². The fraction of sp³-hybridized carbons (Fsp3) is 0.500. The molecule has 1 fully saturated rings. The number of hydrogen-bond donors (Lipinski definition) is 1. The van der Waals surface area contributed by atoms with Crippen LogP contribution in [0.3, 0.4) is 0 Å². The highest BCUT2D eigenvalue weighted by molar-refractivity contribution is 5.92. The van der Waals surface area contributed by atoms with Crippen molar-refractivity contribution < 1.29 is 9.90 Å². The maximum absolute atomic E-state index is 11.6. The van der Waals surface area contributed by atoms with Crippen LogP contribution in [0, 0.1) is 23.7 Å². The molecule has 62 valence electrons. The lowest BCUT2D eigenvalue weighted by Crippen LogP contribution is -2.41. The molecule has 0 radical (unpaired) electrons. The smallest absolute Gasteiger partial charge is 0.147 e. The molecular weight excluding hydrogens is 152 g/mol. The first kappa shape index (κ1) is 6.61. The Balaban J connectivity index is 2.13. The highest BCUT2D eigenvalue weighted by atomic mass is 16.3. The molecule has 2 unspecified atom stereocenters. The molecule has 0 heterocycles. The van der Waals surface area contributed by atoms with Gasteiger partial charge in [-0.1, -0.05) is 24.3 Å². The van der Waals surface area contributed by atoms with Crippen LogP contribution in [0.1, 0.15) is 0 Å².